The quantitative estimate of drug-likeness (QED) is 0.706. The van der Waals surface area contributed by atoms with Gasteiger partial charge in [0.25, 0.3) is 5.91 Å². The van der Waals surface area contributed by atoms with Crippen molar-refractivity contribution in [3.05, 3.63) is 88.7 Å². The molecule has 4 nitrogen and oxygen atoms in total. The highest BCUT2D eigenvalue weighted by atomic mass is 16.1. The Hall–Kier alpha value is -3.14. The van der Waals surface area contributed by atoms with Gasteiger partial charge in [-0.2, -0.15) is 0 Å². The number of hydrogen-bond donors (Lipinski definition) is 2. The zero-order valence-corrected chi connectivity index (χ0v) is 15.3. The third kappa shape index (κ3) is 4.70. The molecule has 4 heteroatoms. The summed E-state index contributed by atoms with van der Waals surface area (Å²) < 4.78 is 0. The number of nitrogens with zero attached hydrogens (tertiary/aromatic N) is 1. The van der Waals surface area contributed by atoms with Gasteiger partial charge in [0, 0.05) is 24.1 Å². The minimum atomic E-state index is -0.186. The Kier molecular flexibility index (Phi) is 5.32. The molecule has 0 aliphatic heterocycles. The molecule has 2 aromatic carbocycles. The van der Waals surface area contributed by atoms with Crippen LogP contribution in [0.5, 0.6) is 0 Å². The number of rotatable bonds is 5. The molecule has 0 fully saturated rings. The summed E-state index contributed by atoms with van der Waals surface area (Å²) in [7, 11) is 0. The van der Waals surface area contributed by atoms with Crippen LogP contribution in [0.25, 0.3) is 0 Å². The fourth-order valence-corrected chi connectivity index (χ4v) is 2.82. The maximum atomic E-state index is 12.4. The Balaban J connectivity index is 1.67. The van der Waals surface area contributed by atoms with Gasteiger partial charge in [0.2, 0.25) is 0 Å². The van der Waals surface area contributed by atoms with Crippen molar-refractivity contribution in [2.45, 2.75) is 27.3 Å². The van der Waals surface area contributed by atoms with Crippen molar-refractivity contribution in [1.29, 1.82) is 0 Å². The van der Waals surface area contributed by atoms with Crippen LogP contribution in [0.3, 0.4) is 0 Å². The van der Waals surface area contributed by atoms with E-state index in [0.717, 1.165) is 16.9 Å². The average molecular weight is 345 g/mol. The SMILES string of the molecule is Cc1ccc(CNC(=O)c2cc(Nc3cc(C)cc(C)c3)ccn2)cc1. The molecular formula is C22H23N3O. The number of pyridine rings is 1. The third-order valence-corrected chi connectivity index (χ3v) is 4.08. The van der Waals surface area contributed by atoms with Crippen LogP contribution in [0, 0.1) is 20.8 Å². The molecule has 0 aliphatic rings. The monoisotopic (exact) mass is 345 g/mol. The predicted molar refractivity (Wildman–Crippen MR) is 106 cm³/mol. The number of carbonyl (C=O) groups excluding carboxylic acids is 1. The second kappa shape index (κ2) is 7.83. The topological polar surface area (TPSA) is 54.0 Å². The Labute approximate surface area is 154 Å². The van der Waals surface area contributed by atoms with E-state index in [-0.39, 0.29) is 5.91 Å². The first-order valence-corrected chi connectivity index (χ1v) is 8.65. The lowest BCUT2D eigenvalue weighted by molar-refractivity contribution is 0.0946. The van der Waals surface area contributed by atoms with Gasteiger partial charge in [-0.15, -0.1) is 0 Å². The Morgan fingerprint density at radius 2 is 1.54 bits per heavy atom. The first kappa shape index (κ1) is 17.7. The number of nitrogens with one attached hydrogen (secondary N) is 2. The summed E-state index contributed by atoms with van der Waals surface area (Å²) in [6.45, 7) is 6.65. The molecule has 1 aromatic heterocycles. The molecule has 0 saturated carbocycles. The highest BCUT2D eigenvalue weighted by molar-refractivity contribution is 5.93. The highest BCUT2D eigenvalue weighted by Crippen LogP contribution is 2.19. The van der Waals surface area contributed by atoms with Crippen molar-refractivity contribution < 1.29 is 4.79 Å². The summed E-state index contributed by atoms with van der Waals surface area (Å²) in [4.78, 5) is 16.6. The number of aryl methyl sites for hydroxylation is 3. The van der Waals surface area contributed by atoms with Gasteiger partial charge in [-0.3, -0.25) is 9.78 Å². The van der Waals surface area contributed by atoms with Crippen molar-refractivity contribution in [2.75, 3.05) is 5.32 Å². The zero-order valence-electron chi connectivity index (χ0n) is 15.3. The predicted octanol–water partition coefficient (Wildman–Crippen LogP) is 4.68. The summed E-state index contributed by atoms with van der Waals surface area (Å²) in [6.07, 6.45) is 1.64. The van der Waals surface area contributed by atoms with Gasteiger partial charge >= 0.3 is 0 Å². The fourth-order valence-electron chi connectivity index (χ4n) is 2.82. The van der Waals surface area contributed by atoms with E-state index in [1.807, 2.05) is 37.3 Å². The normalized spacial score (nSPS) is 10.4. The molecule has 26 heavy (non-hydrogen) atoms. The van der Waals surface area contributed by atoms with E-state index in [2.05, 4.69) is 47.7 Å². The molecule has 0 radical (unpaired) electrons. The van der Waals surface area contributed by atoms with E-state index < -0.39 is 0 Å². The Morgan fingerprint density at radius 3 is 2.23 bits per heavy atom. The zero-order chi connectivity index (χ0) is 18.5. The van der Waals surface area contributed by atoms with E-state index in [0.29, 0.717) is 12.2 Å². The summed E-state index contributed by atoms with van der Waals surface area (Å²) in [5.74, 6) is -0.186. The van der Waals surface area contributed by atoms with E-state index in [9.17, 15) is 4.79 Å². The minimum absolute atomic E-state index is 0.186. The number of anilines is 2. The summed E-state index contributed by atoms with van der Waals surface area (Å²) in [6, 6.07) is 18.0. The van der Waals surface area contributed by atoms with E-state index in [1.165, 1.54) is 16.7 Å². The van der Waals surface area contributed by atoms with Crippen LogP contribution in [-0.2, 0) is 6.54 Å². The molecule has 3 rings (SSSR count). The van der Waals surface area contributed by atoms with Gasteiger partial charge in [0.05, 0.1) is 0 Å². The molecule has 132 valence electrons. The first-order valence-electron chi connectivity index (χ1n) is 8.65. The van der Waals surface area contributed by atoms with Crippen molar-refractivity contribution in [2.24, 2.45) is 0 Å². The smallest absolute Gasteiger partial charge is 0.270 e. The first-order chi connectivity index (χ1) is 12.5. The molecule has 0 atom stereocenters. The van der Waals surface area contributed by atoms with Crippen molar-refractivity contribution >= 4 is 17.3 Å². The molecule has 2 N–H and O–H groups in total. The van der Waals surface area contributed by atoms with E-state index in [1.54, 1.807) is 12.3 Å². The summed E-state index contributed by atoms with van der Waals surface area (Å²) in [5.41, 5.74) is 6.88. The molecule has 0 saturated heterocycles. The van der Waals surface area contributed by atoms with Crippen LogP contribution in [0.4, 0.5) is 11.4 Å². The lowest BCUT2D eigenvalue weighted by Gasteiger charge is -2.10. The van der Waals surface area contributed by atoms with Gasteiger partial charge in [0.15, 0.2) is 0 Å². The second-order valence-corrected chi connectivity index (χ2v) is 6.60. The largest absolute Gasteiger partial charge is 0.355 e. The Bertz CT molecular complexity index is 897. The van der Waals surface area contributed by atoms with Gasteiger partial charge in [0.1, 0.15) is 5.69 Å². The molecule has 1 amide bonds. The highest BCUT2D eigenvalue weighted by Gasteiger charge is 2.08. The van der Waals surface area contributed by atoms with Crippen molar-refractivity contribution in [3.63, 3.8) is 0 Å². The summed E-state index contributed by atoms with van der Waals surface area (Å²) in [5, 5.41) is 6.26. The number of amides is 1. The van der Waals surface area contributed by atoms with Crippen LogP contribution < -0.4 is 10.6 Å². The van der Waals surface area contributed by atoms with E-state index in [4.69, 9.17) is 0 Å². The molecule has 0 unspecified atom stereocenters. The van der Waals surface area contributed by atoms with Crippen LogP contribution in [-0.4, -0.2) is 10.9 Å². The number of hydrogen-bond acceptors (Lipinski definition) is 3. The molecule has 3 aromatic rings. The average Bonchev–Trinajstić information content (AvgIpc) is 2.60. The standard InChI is InChI=1S/C22H23N3O/c1-15-4-6-18(7-5-15)14-24-22(26)21-13-19(8-9-23-21)25-20-11-16(2)10-17(3)12-20/h4-13H,14H2,1-3H3,(H,23,25)(H,24,26). The van der Waals surface area contributed by atoms with Gasteiger partial charge in [-0.05, 0) is 61.7 Å². The van der Waals surface area contributed by atoms with Crippen LogP contribution >= 0.6 is 0 Å². The van der Waals surface area contributed by atoms with Crippen molar-refractivity contribution in [3.8, 4) is 0 Å². The molecule has 0 aliphatic carbocycles. The van der Waals surface area contributed by atoms with Crippen LogP contribution in [0.1, 0.15) is 32.7 Å². The number of carbonyl (C=O) groups is 1. The lowest BCUT2D eigenvalue weighted by Crippen LogP contribution is -2.23. The van der Waals surface area contributed by atoms with E-state index >= 15 is 0 Å². The van der Waals surface area contributed by atoms with Gasteiger partial charge in [-0.1, -0.05) is 35.9 Å². The fraction of sp³-hybridized carbons (Fsp3) is 0.182. The second-order valence-electron chi connectivity index (χ2n) is 6.60. The Morgan fingerprint density at radius 1 is 0.846 bits per heavy atom. The van der Waals surface area contributed by atoms with Gasteiger partial charge in [-0.25, -0.2) is 0 Å². The van der Waals surface area contributed by atoms with Crippen molar-refractivity contribution in [1.82, 2.24) is 10.3 Å². The third-order valence-electron chi connectivity index (χ3n) is 4.08. The lowest BCUT2D eigenvalue weighted by atomic mass is 10.1. The maximum Gasteiger partial charge on any atom is 0.270 e. The maximum absolute atomic E-state index is 12.4. The van der Waals surface area contributed by atoms with Crippen LogP contribution in [0.15, 0.2) is 60.8 Å². The van der Waals surface area contributed by atoms with Gasteiger partial charge < -0.3 is 10.6 Å². The minimum Gasteiger partial charge on any atom is -0.355 e. The number of benzene rings is 2. The molecule has 0 bridgehead atoms. The molecule has 1 heterocycles. The molecule has 0 spiro atoms. The summed E-state index contributed by atoms with van der Waals surface area (Å²) >= 11 is 0. The van der Waals surface area contributed by atoms with Crippen LogP contribution in [0.2, 0.25) is 0 Å². The molecular weight excluding hydrogens is 322 g/mol. The number of aromatic nitrogens is 1.